The molecule has 0 aromatic heterocycles. The first kappa shape index (κ1) is 36.4. The van der Waals surface area contributed by atoms with E-state index in [-0.39, 0.29) is 30.1 Å². The quantitative estimate of drug-likeness (QED) is 0.235. The molecule has 3 aliphatic heterocycles. The first-order chi connectivity index (χ1) is 21.8. The Kier molecular flexibility index (Phi) is 12.8. The van der Waals surface area contributed by atoms with Gasteiger partial charge in [0.1, 0.15) is 12.1 Å². The van der Waals surface area contributed by atoms with E-state index in [0.29, 0.717) is 51.4 Å². The lowest BCUT2D eigenvalue weighted by molar-refractivity contribution is -0.268. The van der Waals surface area contributed by atoms with Crippen molar-refractivity contribution in [2.45, 2.75) is 141 Å². The molecule has 1 amide bonds. The minimum atomic E-state index is -2.40. The van der Waals surface area contributed by atoms with Gasteiger partial charge in [-0.05, 0) is 101 Å². The van der Waals surface area contributed by atoms with E-state index in [0.717, 1.165) is 25.7 Å². The average molecular weight is 646 g/mol. The molecule has 258 valence electrons. The van der Waals surface area contributed by atoms with Crippen molar-refractivity contribution in [2.75, 3.05) is 6.54 Å². The van der Waals surface area contributed by atoms with Gasteiger partial charge in [0, 0.05) is 18.4 Å². The SMILES string of the molecule is C[C@@H]1/C=C/CC/C=C/C(=O)[C@H](C)[C@@H]2CC[C@@H](C)[C@@](O)(O2)C(=O)C(=O)N2CCC[C@H]2C(=O)O[C@H]([C@H](C)C[C@@H]2CC[C@@H](O)[C@H](O)C2)CC1. The van der Waals surface area contributed by atoms with Crippen molar-refractivity contribution in [2.24, 2.45) is 29.6 Å². The lowest BCUT2D eigenvalue weighted by Gasteiger charge is -2.42. The van der Waals surface area contributed by atoms with E-state index in [1.54, 1.807) is 13.8 Å². The molecule has 0 aromatic carbocycles. The number of hydrogen-bond donors (Lipinski definition) is 3. The maximum absolute atomic E-state index is 13.7. The summed E-state index contributed by atoms with van der Waals surface area (Å²) in [6.07, 6.45) is 12.1. The smallest absolute Gasteiger partial charge is 0.329 e. The van der Waals surface area contributed by atoms with Crippen LogP contribution < -0.4 is 0 Å². The van der Waals surface area contributed by atoms with Crippen LogP contribution in [0.4, 0.5) is 0 Å². The van der Waals surface area contributed by atoms with Crippen molar-refractivity contribution in [3.63, 3.8) is 0 Å². The molecule has 1 aliphatic carbocycles. The molecular weight excluding hydrogens is 590 g/mol. The summed E-state index contributed by atoms with van der Waals surface area (Å²) in [6.45, 7) is 7.70. The van der Waals surface area contributed by atoms with Crippen molar-refractivity contribution in [3.05, 3.63) is 24.3 Å². The lowest BCUT2D eigenvalue weighted by atomic mass is 9.78. The lowest BCUT2D eigenvalue weighted by Crippen LogP contribution is -2.60. The molecule has 4 rings (SSSR count). The van der Waals surface area contributed by atoms with Gasteiger partial charge in [-0.3, -0.25) is 14.4 Å². The molecule has 3 heterocycles. The average Bonchev–Trinajstić information content (AvgIpc) is 3.52. The van der Waals surface area contributed by atoms with E-state index in [1.165, 1.54) is 11.0 Å². The van der Waals surface area contributed by atoms with E-state index in [4.69, 9.17) is 9.47 Å². The van der Waals surface area contributed by atoms with Crippen LogP contribution in [0.15, 0.2) is 24.3 Å². The van der Waals surface area contributed by atoms with Crippen molar-refractivity contribution in [1.82, 2.24) is 4.90 Å². The van der Waals surface area contributed by atoms with Crippen molar-refractivity contribution in [1.29, 1.82) is 0 Å². The standard InChI is InChI=1S/C36H55NO9/c1-22-10-7-5-6-8-12-28(38)25(4)32-18-14-24(3)36(44,46-32)33(41)34(42)37-19-9-11-27(37)35(43)45-31(17-13-22)23(2)20-26-15-16-29(39)30(40)21-26/h7-8,10,12,22-27,29-32,39-40,44H,5-6,9,11,13-21H2,1-4H3/b10-7+,12-8+/t22-,23-,24-,25+,26+,27+,29-,30-,31+,32+,36-/m1/s1. The number of cyclic esters (lactones) is 1. The van der Waals surface area contributed by atoms with Gasteiger partial charge in [0.25, 0.3) is 11.7 Å². The second kappa shape index (κ2) is 16.1. The van der Waals surface area contributed by atoms with Crippen LogP contribution in [0.25, 0.3) is 0 Å². The Morgan fingerprint density at radius 3 is 2.41 bits per heavy atom. The number of nitrogens with zero attached hydrogens (tertiary/aromatic N) is 1. The summed E-state index contributed by atoms with van der Waals surface area (Å²) in [5.41, 5.74) is 0. The number of aliphatic hydroxyl groups excluding tert-OH is 2. The van der Waals surface area contributed by atoms with Crippen molar-refractivity contribution in [3.8, 4) is 0 Å². The van der Waals surface area contributed by atoms with Crippen LogP contribution in [0.5, 0.6) is 0 Å². The van der Waals surface area contributed by atoms with Gasteiger partial charge in [0.15, 0.2) is 5.78 Å². The van der Waals surface area contributed by atoms with Gasteiger partial charge in [-0.25, -0.2) is 4.79 Å². The zero-order valence-electron chi connectivity index (χ0n) is 28.0. The topological polar surface area (TPSA) is 151 Å². The molecule has 4 aliphatic rings. The number of amides is 1. The number of ketones is 2. The first-order valence-corrected chi connectivity index (χ1v) is 17.5. The van der Waals surface area contributed by atoms with Gasteiger partial charge in [-0.15, -0.1) is 0 Å². The van der Waals surface area contributed by atoms with Crippen LogP contribution in [0.2, 0.25) is 0 Å². The third kappa shape index (κ3) is 8.74. The first-order valence-electron chi connectivity index (χ1n) is 17.5. The second-order valence-corrected chi connectivity index (χ2v) is 14.5. The number of hydrogen-bond acceptors (Lipinski definition) is 9. The molecule has 0 spiro atoms. The van der Waals surface area contributed by atoms with Crippen LogP contribution >= 0.6 is 0 Å². The van der Waals surface area contributed by atoms with Gasteiger partial charge < -0.3 is 29.7 Å². The number of aliphatic hydroxyl groups is 3. The fourth-order valence-electron chi connectivity index (χ4n) is 7.56. The minimum absolute atomic E-state index is 0.0276. The predicted octanol–water partition coefficient (Wildman–Crippen LogP) is 4.04. The number of carbonyl (C=O) groups is 4. The molecule has 3 N–H and O–H groups in total. The molecule has 10 nitrogen and oxygen atoms in total. The summed E-state index contributed by atoms with van der Waals surface area (Å²) in [6, 6.07) is -0.951. The van der Waals surface area contributed by atoms with Crippen LogP contribution in [-0.4, -0.2) is 86.5 Å². The van der Waals surface area contributed by atoms with E-state index >= 15 is 0 Å². The summed E-state index contributed by atoms with van der Waals surface area (Å²) in [7, 11) is 0. The second-order valence-electron chi connectivity index (χ2n) is 14.5. The monoisotopic (exact) mass is 645 g/mol. The Balaban J connectivity index is 1.57. The molecule has 10 heteroatoms. The largest absolute Gasteiger partial charge is 0.461 e. The van der Waals surface area contributed by atoms with Gasteiger partial charge in [-0.2, -0.15) is 0 Å². The van der Waals surface area contributed by atoms with E-state index in [1.807, 2.05) is 13.0 Å². The third-order valence-electron chi connectivity index (χ3n) is 10.8. The predicted molar refractivity (Wildman–Crippen MR) is 171 cm³/mol. The Hall–Kier alpha value is -2.40. The van der Waals surface area contributed by atoms with Gasteiger partial charge in [0.05, 0.1) is 18.3 Å². The molecule has 0 radical (unpaired) electrons. The molecule has 46 heavy (non-hydrogen) atoms. The molecule has 0 unspecified atom stereocenters. The fourth-order valence-corrected chi connectivity index (χ4v) is 7.56. The molecule has 11 atom stereocenters. The molecule has 1 saturated carbocycles. The van der Waals surface area contributed by atoms with Crippen molar-refractivity contribution >= 4 is 23.4 Å². The third-order valence-corrected chi connectivity index (χ3v) is 10.8. The Bertz CT molecular complexity index is 1150. The summed E-state index contributed by atoms with van der Waals surface area (Å²) < 4.78 is 12.1. The zero-order valence-corrected chi connectivity index (χ0v) is 28.0. The zero-order chi connectivity index (χ0) is 33.6. The Labute approximate surface area is 273 Å². The Morgan fingerprint density at radius 1 is 0.935 bits per heavy atom. The number of esters is 1. The highest BCUT2D eigenvalue weighted by Crippen LogP contribution is 2.37. The maximum Gasteiger partial charge on any atom is 0.329 e. The summed E-state index contributed by atoms with van der Waals surface area (Å²) >= 11 is 0. The number of rotatable bonds is 3. The van der Waals surface area contributed by atoms with E-state index in [9.17, 15) is 34.5 Å². The number of carbonyl (C=O) groups excluding carboxylic acids is 4. The van der Waals surface area contributed by atoms with Crippen molar-refractivity contribution < 1.29 is 44.0 Å². The van der Waals surface area contributed by atoms with Crippen LogP contribution in [0.1, 0.15) is 105 Å². The molecular formula is C36H55NO9. The van der Waals surface area contributed by atoms with Gasteiger partial charge in [-0.1, -0.05) is 45.9 Å². The number of Topliss-reactive ketones (excluding diaryl/α,β-unsaturated/α-hetero) is 1. The van der Waals surface area contributed by atoms with Gasteiger partial charge in [0.2, 0.25) is 5.79 Å². The molecule has 3 fully saturated rings. The number of ether oxygens (including phenoxy) is 2. The minimum Gasteiger partial charge on any atom is -0.461 e. The maximum atomic E-state index is 13.7. The highest BCUT2D eigenvalue weighted by atomic mass is 16.6. The van der Waals surface area contributed by atoms with Crippen LogP contribution in [0.3, 0.4) is 0 Å². The summed E-state index contributed by atoms with van der Waals surface area (Å²) in [4.78, 5) is 55.2. The summed E-state index contributed by atoms with van der Waals surface area (Å²) in [5, 5.41) is 31.7. The molecule has 2 bridgehead atoms. The van der Waals surface area contributed by atoms with Crippen LogP contribution in [0, 0.1) is 29.6 Å². The Morgan fingerprint density at radius 2 is 1.67 bits per heavy atom. The highest BCUT2D eigenvalue weighted by Gasteiger charge is 2.54. The van der Waals surface area contributed by atoms with E-state index < -0.39 is 65.7 Å². The van der Waals surface area contributed by atoms with E-state index in [2.05, 4.69) is 19.1 Å². The number of fused-ring (bicyclic) bond motifs is 3. The van der Waals surface area contributed by atoms with Crippen LogP contribution in [-0.2, 0) is 28.7 Å². The summed E-state index contributed by atoms with van der Waals surface area (Å²) in [5.74, 6) is -6.11. The normalized spacial score (nSPS) is 41.2. The molecule has 0 aromatic rings. The highest BCUT2D eigenvalue weighted by molar-refractivity contribution is 6.39. The fraction of sp³-hybridized carbons (Fsp3) is 0.778. The van der Waals surface area contributed by atoms with Gasteiger partial charge >= 0.3 is 5.97 Å². The molecule has 2 saturated heterocycles. The number of allylic oxidation sites excluding steroid dienone is 4.